The number of nitrogens with one attached hydrogen (secondary N) is 1. The Labute approximate surface area is 229 Å². The van der Waals surface area contributed by atoms with Crippen LogP contribution in [0.5, 0.6) is 5.75 Å². The molecule has 3 aliphatic carbocycles. The summed E-state index contributed by atoms with van der Waals surface area (Å²) in [6.07, 6.45) is 0. The van der Waals surface area contributed by atoms with Gasteiger partial charge >= 0.3 is 5.97 Å². The molecule has 1 heterocycles. The third kappa shape index (κ3) is 3.89. The molecule has 0 unspecified atom stereocenters. The number of amides is 3. The second-order valence-electron chi connectivity index (χ2n) is 9.99. The van der Waals surface area contributed by atoms with Gasteiger partial charge in [-0.25, -0.2) is 4.79 Å². The van der Waals surface area contributed by atoms with E-state index in [0.717, 1.165) is 27.2 Å². The van der Waals surface area contributed by atoms with Gasteiger partial charge in [0.25, 0.3) is 5.91 Å². The Balaban J connectivity index is 1.20. The van der Waals surface area contributed by atoms with E-state index in [9.17, 15) is 19.2 Å². The molecule has 3 amide bonds. The summed E-state index contributed by atoms with van der Waals surface area (Å²) in [5.74, 6) is -3.57. The zero-order valence-electron chi connectivity index (χ0n) is 21.2. The fraction of sp³-hybridized carbons (Fsp3) is 0.267. The maximum atomic E-state index is 13.8. The molecule has 4 aliphatic rings. The van der Waals surface area contributed by atoms with Crippen molar-refractivity contribution in [1.29, 1.82) is 0 Å². The van der Waals surface area contributed by atoms with Gasteiger partial charge in [0, 0.05) is 16.9 Å². The summed E-state index contributed by atoms with van der Waals surface area (Å²) < 4.78 is 10.4. The summed E-state index contributed by atoms with van der Waals surface area (Å²) in [5.41, 5.74) is 4.52. The van der Waals surface area contributed by atoms with Crippen LogP contribution in [0.25, 0.3) is 0 Å². The third-order valence-corrected chi connectivity index (χ3v) is 8.23. The van der Waals surface area contributed by atoms with Crippen LogP contribution < -0.4 is 10.1 Å². The fourth-order valence-corrected chi connectivity index (χ4v) is 6.58. The average molecular weight is 545 g/mol. The first-order chi connectivity index (χ1) is 18.8. The summed E-state index contributed by atoms with van der Waals surface area (Å²) in [7, 11) is 1.45. The minimum atomic E-state index is -1.19. The smallest absolute Gasteiger partial charge is 0.329 e. The van der Waals surface area contributed by atoms with Gasteiger partial charge in [-0.05, 0) is 47.4 Å². The number of ether oxygens (including phenoxy) is 2. The van der Waals surface area contributed by atoms with Crippen LogP contribution in [0.15, 0.2) is 66.7 Å². The standard InChI is InChI=1S/C30H25ClN2O6/c1-15(30(37)39-14-23(34)32-21-13-16(31)11-12-22(21)38-2)33-28(35)26-24-17-7-3-4-8-18(17)25(27(26)29(33)36)20-10-6-5-9-19(20)24/h3-13,15,24-27H,14H2,1-2H3,(H,32,34)/t15-,24?,25?,26-,27-/m0/s1. The molecule has 1 aliphatic heterocycles. The Morgan fingerprint density at radius 3 is 1.90 bits per heavy atom. The highest BCUT2D eigenvalue weighted by molar-refractivity contribution is 6.31. The normalized spacial score (nSPS) is 23.0. The highest BCUT2D eigenvalue weighted by atomic mass is 35.5. The van der Waals surface area contributed by atoms with Crippen LogP contribution in [0.3, 0.4) is 0 Å². The number of halogens is 1. The lowest BCUT2D eigenvalue weighted by Gasteiger charge is -2.45. The Kier molecular flexibility index (Phi) is 6.14. The molecular formula is C30H25ClN2O6. The molecule has 1 N–H and O–H groups in total. The van der Waals surface area contributed by atoms with E-state index in [-0.39, 0.29) is 23.7 Å². The van der Waals surface area contributed by atoms with Gasteiger partial charge in [0.15, 0.2) is 6.61 Å². The molecule has 198 valence electrons. The van der Waals surface area contributed by atoms with Crippen molar-refractivity contribution in [2.45, 2.75) is 24.8 Å². The molecule has 0 aromatic heterocycles. The van der Waals surface area contributed by atoms with E-state index in [1.807, 2.05) is 48.5 Å². The lowest BCUT2D eigenvalue weighted by molar-refractivity contribution is -0.159. The Bertz CT molecular complexity index is 1420. The van der Waals surface area contributed by atoms with E-state index in [1.165, 1.54) is 20.1 Å². The highest BCUT2D eigenvalue weighted by Crippen LogP contribution is 2.61. The SMILES string of the molecule is COc1ccc(Cl)cc1NC(=O)COC(=O)[C@H](C)N1C(=O)[C@H]2C3c4ccccc4C(c4ccccc43)[C@@H]2C1=O. The molecule has 2 bridgehead atoms. The van der Waals surface area contributed by atoms with E-state index < -0.39 is 36.4 Å². The minimum absolute atomic E-state index is 0.268. The van der Waals surface area contributed by atoms with Crippen LogP contribution in [0.1, 0.15) is 41.0 Å². The predicted molar refractivity (Wildman–Crippen MR) is 142 cm³/mol. The second kappa shape index (κ2) is 9.54. The fourth-order valence-electron chi connectivity index (χ4n) is 6.41. The molecule has 8 nitrogen and oxygen atoms in total. The highest BCUT2D eigenvalue weighted by Gasteiger charge is 2.62. The van der Waals surface area contributed by atoms with E-state index in [4.69, 9.17) is 21.1 Å². The van der Waals surface area contributed by atoms with Crippen molar-refractivity contribution >= 4 is 41.0 Å². The van der Waals surface area contributed by atoms with E-state index >= 15 is 0 Å². The van der Waals surface area contributed by atoms with Gasteiger partial charge in [0.05, 0.1) is 24.6 Å². The molecule has 0 saturated carbocycles. The maximum absolute atomic E-state index is 13.8. The second-order valence-corrected chi connectivity index (χ2v) is 10.4. The van der Waals surface area contributed by atoms with Gasteiger partial charge in [-0.2, -0.15) is 0 Å². The molecular weight excluding hydrogens is 520 g/mol. The lowest BCUT2D eigenvalue weighted by Crippen LogP contribution is -2.45. The Morgan fingerprint density at radius 2 is 1.41 bits per heavy atom. The van der Waals surface area contributed by atoms with Crippen molar-refractivity contribution in [3.63, 3.8) is 0 Å². The number of benzene rings is 3. The average Bonchev–Trinajstić information content (AvgIpc) is 3.21. The summed E-state index contributed by atoms with van der Waals surface area (Å²) >= 11 is 6.00. The van der Waals surface area contributed by atoms with Crippen LogP contribution in [-0.2, 0) is 23.9 Å². The van der Waals surface area contributed by atoms with Crippen molar-refractivity contribution in [1.82, 2.24) is 4.90 Å². The summed E-state index contributed by atoms with van der Waals surface area (Å²) in [6.45, 7) is 0.847. The molecule has 0 radical (unpaired) electrons. The number of nitrogens with zero attached hydrogens (tertiary/aromatic N) is 1. The minimum Gasteiger partial charge on any atom is -0.495 e. The van der Waals surface area contributed by atoms with Crippen LogP contribution >= 0.6 is 11.6 Å². The number of carbonyl (C=O) groups is 4. The quantitative estimate of drug-likeness (QED) is 0.370. The van der Waals surface area contributed by atoms with E-state index in [0.29, 0.717) is 16.5 Å². The first-order valence-electron chi connectivity index (χ1n) is 12.7. The number of imide groups is 1. The first kappa shape index (κ1) is 25.1. The molecule has 1 fully saturated rings. The van der Waals surface area contributed by atoms with Crippen molar-refractivity contribution in [3.05, 3.63) is 94.0 Å². The van der Waals surface area contributed by atoms with Crippen LogP contribution in [-0.4, -0.2) is 48.3 Å². The van der Waals surface area contributed by atoms with Crippen molar-refractivity contribution in [3.8, 4) is 5.75 Å². The van der Waals surface area contributed by atoms with Gasteiger partial charge < -0.3 is 14.8 Å². The third-order valence-electron chi connectivity index (χ3n) is 7.99. The molecule has 7 rings (SSSR count). The molecule has 9 heteroatoms. The van der Waals surface area contributed by atoms with Crippen LogP contribution in [0.4, 0.5) is 5.69 Å². The Hall–Kier alpha value is -4.17. The van der Waals surface area contributed by atoms with Crippen LogP contribution in [0.2, 0.25) is 5.02 Å². The first-order valence-corrected chi connectivity index (χ1v) is 13.0. The number of methoxy groups -OCH3 is 1. The van der Waals surface area contributed by atoms with Crippen molar-refractivity contribution in [2.24, 2.45) is 11.8 Å². The van der Waals surface area contributed by atoms with Gasteiger partial charge in [-0.3, -0.25) is 19.3 Å². The molecule has 0 spiro atoms. The van der Waals surface area contributed by atoms with Gasteiger partial charge in [-0.15, -0.1) is 0 Å². The predicted octanol–water partition coefficient (Wildman–Crippen LogP) is 4.11. The lowest BCUT2D eigenvalue weighted by atomic mass is 9.55. The topological polar surface area (TPSA) is 102 Å². The molecule has 3 atom stereocenters. The number of hydrogen-bond donors (Lipinski definition) is 1. The monoisotopic (exact) mass is 544 g/mol. The number of likely N-dealkylation sites (tertiary alicyclic amines) is 1. The molecule has 3 aromatic carbocycles. The molecule has 3 aromatic rings. The number of carbonyl (C=O) groups excluding carboxylic acids is 4. The van der Waals surface area contributed by atoms with Crippen molar-refractivity contribution < 1.29 is 28.7 Å². The zero-order chi connectivity index (χ0) is 27.4. The van der Waals surface area contributed by atoms with Gasteiger partial charge in [0.1, 0.15) is 11.8 Å². The van der Waals surface area contributed by atoms with Crippen molar-refractivity contribution in [2.75, 3.05) is 19.0 Å². The number of hydrogen-bond acceptors (Lipinski definition) is 6. The Morgan fingerprint density at radius 1 is 0.897 bits per heavy atom. The molecule has 1 saturated heterocycles. The summed E-state index contributed by atoms with van der Waals surface area (Å²) in [5, 5.41) is 2.98. The number of rotatable bonds is 6. The van der Waals surface area contributed by atoms with E-state index in [1.54, 1.807) is 12.1 Å². The summed E-state index contributed by atoms with van der Waals surface area (Å²) in [6, 6.07) is 19.4. The molecule has 39 heavy (non-hydrogen) atoms. The van der Waals surface area contributed by atoms with Gasteiger partial charge in [-0.1, -0.05) is 60.1 Å². The van der Waals surface area contributed by atoms with Gasteiger partial charge in [0.2, 0.25) is 11.8 Å². The maximum Gasteiger partial charge on any atom is 0.329 e. The largest absolute Gasteiger partial charge is 0.495 e. The zero-order valence-corrected chi connectivity index (χ0v) is 22.0. The summed E-state index contributed by atoms with van der Waals surface area (Å²) in [4.78, 5) is 54.1. The van der Waals surface area contributed by atoms with E-state index in [2.05, 4.69) is 5.32 Å². The number of esters is 1. The number of anilines is 1. The van der Waals surface area contributed by atoms with Crippen LogP contribution in [0, 0.1) is 11.8 Å².